The average molecular weight is 573 g/mol. The summed E-state index contributed by atoms with van der Waals surface area (Å²) in [5.41, 5.74) is 8.81. The zero-order valence-corrected chi connectivity index (χ0v) is 23.1. The minimum atomic E-state index is -0.467. The van der Waals surface area contributed by atoms with Gasteiger partial charge in [-0.05, 0) is 48.5 Å². The largest absolute Gasteiger partial charge is 0.382 e. The number of nitrogens with zero attached hydrogens (tertiary/aromatic N) is 3. The molecule has 0 fully saturated rings. The molecule has 1 heterocycles. The maximum Gasteiger partial charge on any atom is 0.251 e. The van der Waals surface area contributed by atoms with Crippen LogP contribution in [0.5, 0.6) is 0 Å². The predicted octanol–water partition coefficient (Wildman–Crippen LogP) is 1.44. The van der Waals surface area contributed by atoms with Crippen LogP contribution in [0.25, 0.3) is 0 Å². The van der Waals surface area contributed by atoms with E-state index < -0.39 is 6.29 Å². The lowest BCUT2D eigenvalue weighted by molar-refractivity contribution is 0.0512. The number of rotatable bonds is 14. The van der Waals surface area contributed by atoms with Crippen molar-refractivity contribution in [3.05, 3.63) is 96.1 Å². The Morgan fingerprint density at radius 1 is 0.857 bits per heavy atom. The first kappa shape index (κ1) is 29.8. The van der Waals surface area contributed by atoms with Crippen LogP contribution in [0.2, 0.25) is 0 Å². The van der Waals surface area contributed by atoms with E-state index in [0.717, 1.165) is 11.4 Å². The highest BCUT2D eigenvalue weighted by Crippen LogP contribution is 2.11. The molecule has 13 nitrogen and oxygen atoms in total. The molecule has 0 saturated carbocycles. The van der Waals surface area contributed by atoms with E-state index in [9.17, 15) is 4.79 Å². The van der Waals surface area contributed by atoms with E-state index in [-0.39, 0.29) is 11.7 Å². The first-order valence-corrected chi connectivity index (χ1v) is 13.5. The van der Waals surface area contributed by atoms with Gasteiger partial charge in [0.1, 0.15) is 5.84 Å². The van der Waals surface area contributed by atoms with Crippen molar-refractivity contribution in [3.8, 4) is 0 Å². The summed E-state index contributed by atoms with van der Waals surface area (Å²) in [5, 5.41) is 19.3. The Balaban J connectivity index is 1.20. The van der Waals surface area contributed by atoms with Gasteiger partial charge in [-0.25, -0.2) is 4.99 Å². The van der Waals surface area contributed by atoms with Gasteiger partial charge in [-0.2, -0.15) is 5.10 Å². The van der Waals surface area contributed by atoms with Crippen LogP contribution >= 0.6 is 0 Å². The highest BCUT2D eigenvalue weighted by molar-refractivity contribution is 6.07. The summed E-state index contributed by atoms with van der Waals surface area (Å²) in [5.74, 6) is 6.43. The number of amides is 1. The molecule has 0 bridgehead atoms. The summed E-state index contributed by atoms with van der Waals surface area (Å²) in [6.07, 6.45) is -0.467. The first-order valence-electron chi connectivity index (χ1n) is 13.5. The number of para-hydroxylation sites is 1. The van der Waals surface area contributed by atoms with Crippen LogP contribution < -0.4 is 38.2 Å². The van der Waals surface area contributed by atoms with Crippen molar-refractivity contribution >= 4 is 35.0 Å². The molecule has 4 rings (SSSR count). The van der Waals surface area contributed by atoms with E-state index in [0.29, 0.717) is 62.6 Å². The third kappa shape index (κ3) is 9.80. The summed E-state index contributed by atoms with van der Waals surface area (Å²) >= 11 is 0. The maximum absolute atomic E-state index is 12.0. The van der Waals surface area contributed by atoms with Gasteiger partial charge in [-0.1, -0.05) is 36.4 Å². The van der Waals surface area contributed by atoms with Crippen molar-refractivity contribution in [1.29, 1.82) is 0 Å². The van der Waals surface area contributed by atoms with E-state index in [1.165, 1.54) is 0 Å². The van der Waals surface area contributed by atoms with Gasteiger partial charge in [0.2, 0.25) is 11.9 Å². The van der Waals surface area contributed by atoms with Crippen LogP contribution in [-0.2, 0) is 9.47 Å². The van der Waals surface area contributed by atoms with Crippen LogP contribution in [0.15, 0.2) is 100 Å². The Kier molecular flexibility index (Phi) is 11.5. The number of carbonyl (C=O) groups excluding carboxylic acids is 1. The highest BCUT2D eigenvalue weighted by atomic mass is 16.5. The molecule has 42 heavy (non-hydrogen) atoms. The summed E-state index contributed by atoms with van der Waals surface area (Å²) in [6, 6.07) is 26.1. The van der Waals surface area contributed by atoms with Crippen molar-refractivity contribution in [1.82, 2.24) is 16.0 Å². The molecule has 1 aliphatic rings. The number of ether oxygens (including phenoxy) is 2. The molecule has 1 aliphatic heterocycles. The monoisotopic (exact) mass is 572 g/mol. The Morgan fingerprint density at radius 2 is 1.55 bits per heavy atom. The lowest BCUT2D eigenvalue weighted by Crippen LogP contribution is -2.55. The van der Waals surface area contributed by atoms with Gasteiger partial charge >= 0.3 is 0 Å². The number of nitrogens with two attached hydrogens (primary N) is 2. The van der Waals surface area contributed by atoms with Crippen LogP contribution in [0, 0.1) is 0 Å². The van der Waals surface area contributed by atoms with E-state index in [4.69, 9.17) is 21.1 Å². The van der Waals surface area contributed by atoms with E-state index in [2.05, 4.69) is 41.7 Å². The van der Waals surface area contributed by atoms with Gasteiger partial charge in [0.05, 0.1) is 33.0 Å². The smallest absolute Gasteiger partial charge is 0.251 e. The van der Waals surface area contributed by atoms with Gasteiger partial charge in [-0.3, -0.25) is 15.1 Å². The second kappa shape index (κ2) is 16.2. The zero-order chi connectivity index (χ0) is 29.4. The van der Waals surface area contributed by atoms with Crippen molar-refractivity contribution < 1.29 is 14.3 Å². The molecule has 1 unspecified atom stereocenters. The van der Waals surface area contributed by atoms with Crippen molar-refractivity contribution in [2.24, 2.45) is 26.7 Å². The lowest BCUT2D eigenvalue weighted by atomic mass is 10.2. The van der Waals surface area contributed by atoms with Gasteiger partial charge < -0.3 is 42.3 Å². The number of guanidine groups is 2. The molecule has 0 saturated heterocycles. The molecule has 0 spiro atoms. The Hall–Kier alpha value is -5.14. The molecule has 1 amide bonds. The molecule has 0 aliphatic carbocycles. The summed E-state index contributed by atoms with van der Waals surface area (Å²) in [6.45, 7) is 2.48. The molecule has 0 aromatic heterocycles. The third-order valence-corrected chi connectivity index (χ3v) is 5.87. The lowest BCUT2D eigenvalue weighted by Gasteiger charge is -2.27. The number of aliphatic imine (C=N–C) groups is 2. The molecule has 1 atom stereocenters. The van der Waals surface area contributed by atoms with Crippen LogP contribution in [-0.4, -0.2) is 69.5 Å². The molecule has 0 radical (unpaired) electrons. The fourth-order valence-electron chi connectivity index (χ4n) is 3.79. The quantitative estimate of drug-likeness (QED) is 0.0494. The SMILES string of the molecule is N/N=C(\N)c1ccc(NC2=NC(Nc3ccccc3)NC(=NCCOCCOCCNC(=O)c3ccccc3)N2)cc1. The number of carbonyl (C=O) groups is 1. The number of hydrogen-bond acceptors (Lipinski definition) is 9. The second-order valence-corrected chi connectivity index (χ2v) is 8.95. The zero-order valence-electron chi connectivity index (χ0n) is 23.1. The number of amidine groups is 1. The molecule has 220 valence electrons. The Bertz CT molecular complexity index is 1350. The van der Waals surface area contributed by atoms with Crippen LogP contribution in [0.1, 0.15) is 15.9 Å². The number of hydrogen-bond donors (Lipinski definition) is 7. The number of hydrazone groups is 1. The van der Waals surface area contributed by atoms with Gasteiger partial charge in [-0.15, -0.1) is 0 Å². The minimum absolute atomic E-state index is 0.121. The predicted molar refractivity (Wildman–Crippen MR) is 165 cm³/mol. The maximum atomic E-state index is 12.0. The minimum Gasteiger partial charge on any atom is -0.382 e. The van der Waals surface area contributed by atoms with E-state index in [1.54, 1.807) is 12.1 Å². The fourth-order valence-corrected chi connectivity index (χ4v) is 3.79. The first-order chi connectivity index (χ1) is 20.6. The topological polar surface area (TPSA) is 185 Å². The molecule has 13 heteroatoms. The highest BCUT2D eigenvalue weighted by Gasteiger charge is 2.18. The van der Waals surface area contributed by atoms with Gasteiger partial charge in [0, 0.05) is 29.0 Å². The van der Waals surface area contributed by atoms with Crippen molar-refractivity contribution in [2.75, 3.05) is 50.2 Å². The molecular formula is C29H36N10O3. The number of nitrogens with one attached hydrogen (secondary N) is 5. The normalized spacial score (nSPS) is 15.7. The number of benzene rings is 3. The average Bonchev–Trinajstić information content (AvgIpc) is 3.02. The summed E-state index contributed by atoms with van der Waals surface area (Å²) < 4.78 is 11.2. The van der Waals surface area contributed by atoms with E-state index >= 15 is 0 Å². The number of anilines is 2. The third-order valence-electron chi connectivity index (χ3n) is 5.87. The van der Waals surface area contributed by atoms with Gasteiger partial charge in [0.25, 0.3) is 5.91 Å². The standard InChI is InChI=1S/C29H36N10O3/c30-25(39-31)21-11-13-24(14-12-21)35-29-37-27(36-28(38-29)34-23-9-5-2-6-10-23)33-16-18-42-20-19-41-17-15-32-26(40)22-7-3-1-4-8-22/h1-14,28,34H,15-20,31H2,(H2,30,39)(H,32,40)(H3,33,35,36,37,38). The van der Waals surface area contributed by atoms with Crippen LogP contribution in [0.3, 0.4) is 0 Å². The molecule has 3 aromatic carbocycles. The molecule has 9 N–H and O–H groups in total. The fraction of sp³-hybridized carbons (Fsp3) is 0.241. The summed E-state index contributed by atoms with van der Waals surface area (Å²) in [7, 11) is 0. The molecule has 3 aromatic rings. The molecular weight excluding hydrogens is 536 g/mol. The van der Waals surface area contributed by atoms with Crippen molar-refractivity contribution in [2.45, 2.75) is 6.29 Å². The van der Waals surface area contributed by atoms with E-state index in [1.807, 2.05) is 72.8 Å². The Labute approximate surface area is 244 Å². The second-order valence-electron chi connectivity index (χ2n) is 8.95. The van der Waals surface area contributed by atoms with Crippen LogP contribution in [0.4, 0.5) is 11.4 Å². The van der Waals surface area contributed by atoms with Gasteiger partial charge in [0.15, 0.2) is 6.29 Å². The Morgan fingerprint density at radius 3 is 2.26 bits per heavy atom. The summed E-state index contributed by atoms with van der Waals surface area (Å²) in [4.78, 5) is 21.3. The van der Waals surface area contributed by atoms with Crippen molar-refractivity contribution in [3.63, 3.8) is 0 Å².